The molecule has 1 atom stereocenters. The standard InChI is InChI=1S/C27H55NO3/c1-3-5-7-9-11-15-20-26(19-14-8-6-4-2)25-31-27(30)21-16-12-10-13-17-22-28-23-18-24-29/h26,28-29H,3-25H2,1-2H3. The van der Waals surface area contributed by atoms with Crippen LogP contribution in [0.3, 0.4) is 0 Å². The Morgan fingerprint density at radius 1 is 0.710 bits per heavy atom. The molecule has 0 radical (unpaired) electrons. The van der Waals surface area contributed by atoms with E-state index < -0.39 is 0 Å². The Bertz CT molecular complexity index is 362. The topological polar surface area (TPSA) is 58.6 Å². The molecular formula is C27H55NO3. The van der Waals surface area contributed by atoms with E-state index in [2.05, 4.69) is 19.2 Å². The minimum Gasteiger partial charge on any atom is -0.465 e. The van der Waals surface area contributed by atoms with E-state index in [9.17, 15) is 4.79 Å². The molecule has 0 spiro atoms. The second kappa shape index (κ2) is 25.6. The highest BCUT2D eigenvalue weighted by molar-refractivity contribution is 5.69. The van der Waals surface area contributed by atoms with Crippen molar-refractivity contribution in [2.24, 2.45) is 5.92 Å². The maximum absolute atomic E-state index is 12.2. The van der Waals surface area contributed by atoms with Crippen LogP contribution in [0.5, 0.6) is 0 Å². The first-order chi connectivity index (χ1) is 15.2. The summed E-state index contributed by atoms with van der Waals surface area (Å²) in [5.41, 5.74) is 0. The molecule has 31 heavy (non-hydrogen) atoms. The van der Waals surface area contributed by atoms with Crippen LogP contribution in [0.25, 0.3) is 0 Å². The van der Waals surface area contributed by atoms with E-state index in [-0.39, 0.29) is 12.6 Å². The quantitative estimate of drug-likeness (QED) is 0.116. The molecule has 1 unspecified atom stereocenters. The minimum absolute atomic E-state index is 0.00664. The highest BCUT2D eigenvalue weighted by Crippen LogP contribution is 2.20. The Hall–Kier alpha value is -0.610. The first-order valence-electron chi connectivity index (χ1n) is 13.7. The summed E-state index contributed by atoms with van der Waals surface area (Å²) < 4.78 is 5.67. The van der Waals surface area contributed by atoms with Gasteiger partial charge in [-0.25, -0.2) is 0 Å². The molecule has 0 heterocycles. The number of ether oxygens (including phenoxy) is 1. The van der Waals surface area contributed by atoms with Gasteiger partial charge in [0, 0.05) is 13.0 Å². The Morgan fingerprint density at radius 3 is 1.87 bits per heavy atom. The molecule has 4 heteroatoms. The zero-order chi connectivity index (χ0) is 22.8. The first-order valence-corrected chi connectivity index (χ1v) is 13.7. The molecular weight excluding hydrogens is 386 g/mol. The van der Waals surface area contributed by atoms with Gasteiger partial charge in [-0.2, -0.15) is 0 Å². The third-order valence-electron chi connectivity index (χ3n) is 6.16. The van der Waals surface area contributed by atoms with Gasteiger partial charge in [-0.1, -0.05) is 97.3 Å². The van der Waals surface area contributed by atoms with Crippen molar-refractivity contribution in [1.29, 1.82) is 0 Å². The van der Waals surface area contributed by atoms with Crippen LogP contribution >= 0.6 is 0 Å². The number of hydrogen-bond donors (Lipinski definition) is 2. The lowest BCUT2D eigenvalue weighted by Crippen LogP contribution is -2.17. The van der Waals surface area contributed by atoms with Crippen LogP contribution in [-0.2, 0) is 9.53 Å². The van der Waals surface area contributed by atoms with Gasteiger partial charge in [0.1, 0.15) is 0 Å². The fourth-order valence-corrected chi connectivity index (χ4v) is 4.05. The fourth-order valence-electron chi connectivity index (χ4n) is 4.05. The van der Waals surface area contributed by atoms with Gasteiger partial charge in [0.15, 0.2) is 0 Å². The van der Waals surface area contributed by atoms with Crippen molar-refractivity contribution in [3.8, 4) is 0 Å². The van der Waals surface area contributed by atoms with Crippen molar-refractivity contribution >= 4 is 5.97 Å². The summed E-state index contributed by atoms with van der Waals surface area (Å²) in [5, 5.41) is 12.1. The molecule has 0 saturated heterocycles. The number of carbonyl (C=O) groups is 1. The summed E-state index contributed by atoms with van der Waals surface area (Å²) in [4.78, 5) is 12.2. The lowest BCUT2D eigenvalue weighted by molar-refractivity contribution is -0.145. The second-order valence-electron chi connectivity index (χ2n) is 9.30. The van der Waals surface area contributed by atoms with E-state index in [1.165, 1.54) is 96.3 Å². The number of carbonyl (C=O) groups excluding carboxylic acids is 1. The molecule has 0 aromatic rings. The lowest BCUT2D eigenvalue weighted by atomic mass is 9.95. The Labute approximate surface area is 194 Å². The average Bonchev–Trinajstić information content (AvgIpc) is 2.78. The van der Waals surface area contributed by atoms with E-state index in [1.807, 2.05) is 0 Å². The monoisotopic (exact) mass is 441 g/mol. The number of rotatable bonds is 25. The lowest BCUT2D eigenvalue weighted by Gasteiger charge is -2.17. The summed E-state index contributed by atoms with van der Waals surface area (Å²) in [5.74, 6) is 0.567. The zero-order valence-electron chi connectivity index (χ0n) is 21.1. The fraction of sp³-hybridized carbons (Fsp3) is 0.963. The van der Waals surface area contributed by atoms with Crippen LogP contribution in [0.2, 0.25) is 0 Å². The van der Waals surface area contributed by atoms with E-state index >= 15 is 0 Å². The van der Waals surface area contributed by atoms with Gasteiger partial charge < -0.3 is 15.2 Å². The van der Waals surface area contributed by atoms with Crippen molar-refractivity contribution in [3.05, 3.63) is 0 Å². The highest BCUT2D eigenvalue weighted by atomic mass is 16.5. The van der Waals surface area contributed by atoms with E-state index in [0.717, 1.165) is 32.4 Å². The molecule has 2 N–H and O–H groups in total. The molecule has 0 aliphatic rings. The number of unbranched alkanes of at least 4 members (excludes halogenated alkanes) is 12. The number of aliphatic hydroxyl groups excluding tert-OH is 1. The smallest absolute Gasteiger partial charge is 0.305 e. The van der Waals surface area contributed by atoms with Gasteiger partial charge in [-0.05, 0) is 51.1 Å². The molecule has 186 valence electrons. The molecule has 0 saturated carbocycles. The van der Waals surface area contributed by atoms with Crippen molar-refractivity contribution in [3.63, 3.8) is 0 Å². The Morgan fingerprint density at radius 2 is 1.23 bits per heavy atom. The van der Waals surface area contributed by atoms with Crippen molar-refractivity contribution in [1.82, 2.24) is 5.32 Å². The molecule has 0 aliphatic carbocycles. The van der Waals surface area contributed by atoms with Crippen LogP contribution in [-0.4, -0.2) is 37.4 Å². The molecule has 0 aromatic heterocycles. The van der Waals surface area contributed by atoms with Gasteiger partial charge in [-0.3, -0.25) is 4.79 Å². The Balaban J connectivity index is 3.79. The number of esters is 1. The van der Waals surface area contributed by atoms with Crippen LogP contribution in [0.15, 0.2) is 0 Å². The summed E-state index contributed by atoms with van der Waals surface area (Å²) in [6.07, 6.45) is 22.7. The normalized spacial score (nSPS) is 12.2. The van der Waals surface area contributed by atoms with Crippen LogP contribution in [0, 0.1) is 5.92 Å². The van der Waals surface area contributed by atoms with Crippen LogP contribution < -0.4 is 5.32 Å². The SMILES string of the molecule is CCCCCCCCC(CCCCCC)COC(=O)CCCCCCCNCCCO. The molecule has 4 nitrogen and oxygen atoms in total. The van der Waals surface area contributed by atoms with Crippen molar-refractivity contribution in [2.75, 3.05) is 26.3 Å². The third-order valence-corrected chi connectivity index (χ3v) is 6.16. The predicted molar refractivity (Wildman–Crippen MR) is 133 cm³/mol. The van der Waals surface area contributed by atoms with Crippen LogP contribution in [0.4, 0.5) is 0 Å². The summed E-state index contributed by atoms with van der Waals surface area (Å²) >= 11 is 0. The van der Waals surface area contributed by atoms with Crippen molar-refractivity contribution < 1.29 is 14.6 Å². The van der Waals surface area contributed by atoms with Gasteiger partial charge in [0.25, 0.3) is 0 Å². The number of hydrogen-bond acceptors (Lipinski definition) is 4. The first kappa shape index (κ1) is 30.4. The molecule has 0 amide bonds. The third kappa shape index (κ3) is 23.9. The Kier molecular flexibility index (Phi) is 25.1. The van der Waals surface area contributed by atoms with Crippen molar-refractivity contribution in [2.45, 2.75) is 136 Å². The van der Waals surface area contributed by atoms with Gasteiger partial charge in [0.2, 0.25) is 0 Å². The van der Waals surface area contributed by atoms with E-state index in [0.29, 0.717) is 18.9 Å². The molecule has 0 rings (SSSR count). The van der Waals surface area contributed by atoms with Gasteiger partial charge >= 0.3 is 5.97 Å². The maximum Gasteiger partial charge on any atom is 0.305 e. The molecule has 0 aliphatic heterocycles. The zero-order valence-corrected chi connectivity index (χ0v) is 21.1. The summed E-state index contributed by atoms with van der Waals surface area (Å²) in [6, 6.07) is 0. The second-order valence-corrected chi connectivity index (χ2v) is 9.30. The van der Waals surface area contributed by atoms with Gasteiger partial charge in [-0.15, -0.1) is 0 Å². The van der Waals surface area contributed by atoms with E-state index in [4.69, 9.17) is 9.84 Å². The summed E-state index contributed by atoms with van der Waals surface area (Å²) in [6.45, 7) is 7.36. The maximum atomic E-state index is 12.2. The largest absolute Gasteiger partial charge is 0.465 e. The summed E-state index contributed by atoms with van der Waals surface area (Å²) in [7, 11) is 0. The van der Waals surface area contributed by atoms with E-state index in [1.54, 1.807) is 0 Å². The average molecular weight is 442 g/mol. The minimum atomic E-state index is 0.00664. The van der Waals surface area contributed by atoms with Crippen LogP contribution in [0.1, 0.15) is 136 Å². The highest BCUT2D eigenvalue weighted by Gasteiger charge is 2.12. The molecule has 0 bridgehead atoms. The molecule has 0 fully saturated rings. The van der Waals surface area contributed by atoms with Gasteiger partial charge in [0.05, 0.1) is 6.61 Å². The number of aliphatic hydroxyl groups is 1. The molecule has 0 aromatic carbocycles. The predicted octanol–water partition coefficient (Wildman–Crippen LogP) is 7.18. The number of nitrogens with one attached hydrogen (secondary N) is 1.